The molecule has 7 nitrogen and oxygen atoms in total. The van der Waals surface area contributed by atoms with E-state index in [1.54, 1.807) is 0 Å². The Morgan fingerprint density at radius 2 is 2.04 bits per heavy atom. The molecule has 27 heavy (non-hydrogen) atoms. The van der Waals surface area contributed by atoms with Gasteiger partial charge in [0, 0.05) is 26.8 Å². The molecule has 0 spiro atoms. The van der Waals surface area contributed by atoms with Gasteiger partial charge in [0.05, 0.1) is 13.1 Å². The molecule has 1 aromatic heterocycles. The summed E-state index contributed by atoms with van der Waals surface area (Å²) < 4.78 is 7.67. The van der Waals surface area contributed by atoms with Gasteiger partial charge in [-0.05, 0) is 37.7 Å². The van der Waals surface area contributed by atoms with Crippen LogP contribution in [0.1, 0.15) is 36.5 Å². The Hall–Kier alpha value is -2.41. The van der Waals surface area contributed by atoms with E-state index in [0.717, 1.165) is 49.7 Å². The Labute approximate surface area is 161 Å². The number of nitrogens with zero attached hydrogens (tertiary/aromatic N) is 4. The fourth-order valence-corrected chi connectivity index (χ4v) is 2.61. The molecular formula is C20H30N6O. The molecule has 0 saturated heterocycles. The van der Waals surface area contributed by atoms with Crippen molar-refractivity contribution in [2.75, 3.05) is 19.8 Å². The SMILES string of the molecule is Cc1nnc(CNC(=NCc2ccccc2)NCCCOCC2CC2)n1C. The van der Waals surface area contributed by atoms with Crippen LogP contribution in [0.4, 0.5) is 0 Å². The van der Waals surface area contributed by atoms with Crippen molar-refractivity contribution in [2.24, 2.45) is 18.0 Å². The topological polar surface area (TPSA) is 76.4 Å². The maximum absolute atomic E-state index is 5.69. The van der Waals surface area contributed by atoms with Crippen LogP contribution >= 0.6 is 0 Å². The van der Waals surface area contributed by atoms with E-state index in [2.05, 4.69) is 33.0 Å². The van der Waals surface area contributed by atoms with E-state index in [0.29, 0.717) is 13.1 Å². The number of rotatable bonds is 10. The molecule has 3 rings (SSSR count). The number of guanidine groups is 1. The van der Waals surface area contributed by atoms with Crippen LogP contribution in [0.2, 0.25) is 0 Å². The van der Waals surface area contributed by atoms with Crippen LogP contribution in [0.3, 0.4) is 0 Å². The van der Waals surface area contributed by atoms with Crippen molar-refractivity contribution in [2.45, 2.75) is 39.3 Å². The fourth-order valence-electron chi connectivity index (χ4n) is 2.61. The molecule has 0 amide bonds. The third-order valence-corrected chi connectivity index (χ3v) is 4.67. The summed E-state index contributed by atoms with van der Waals surface area (Å²) in [6.45, 7) is 5.68. The van der Waals surface area contributed by atoms with E-state index in [-0.39, 0.29) is 0 Å². The summed E-state index contributed by atoms with van der Waals surface area (Å²) in [6.07, 6.45) is 3.63. The van der Waals surface area contributed by atoms with E-state index in [1.165, 1.54) is 18.4 Å². The lowest BCUT2D eigenvalue weighted by Gasteiger charge is -2.13. The number of aromatic nitrogens is 3. The first-order chi connectivity index (χ1) is 13.2. The summed E-state index contributed by atoms with van der Waals surface area (Å²) in [5, 5.41) is 15.0. The number of nitrogens with one attached hydrogen (secondary N) is 2. The summed E-state index contributed by atoms with van der Waals surface area (Å²) in [5.41, 5.74) is 1.18. The van der Waals surface area contributed by atoms with Crippen molar-refractivity contribution in [3.05, 3.63) is 47.5 Å². The van der Waals surface area contributed by atoms with Gasteiger partial charge < -0.3 is 19.9 Å². The van der Waals surface area contributed by atoms with Crippen molar-refractivity contribution >= 4 is 5.96 Å². The first-order valence-corrected chi connectivity index (χ1v) is 9.71. The molecule has 0 aliphatic heterocycles. The van der Waals surface area contributed by atoms with E-state index in [1.807, 2.05) is 36.7 Å². The van der Waals surface area contributed by atoms with Gasteiger partial charge in [-0.3, -0.25) is 0 Å². The van der Waals surface area contributed by atoms with Crippen molar-refractivity contribution in [1.82, 2.24) is 25.4 Å². The number of hydrogen-bond donors (Lipinski definition) is 2. The number of hydrogen-bond acceptors (Lipinski definition) is 4. The summed E-state index contributed by atoms with van der Waals surface area (Å²) >= 11 is 0. The van der Waals surface area contributed by atoms with Crippen LogP contribution in [0.5, 0.6) is 0 Å². The lowest BCUT2D eigenvalue weighted by atomic mass is 10.2. The van der Waals surface area contributed by atoms with Gasteiger partial charge in [-0.2, -0.15) is 0 Å². The Balaban J connectivity index is 1.48. The van der Waals surface area contributed by atoms with Crippen molar-refractivity contribution < 1.29 is 4.74 Å². The molecule has 2 N–H and O–H groups in total. The number of aliphatic imine (C=N–C) groups is 1. The van der Waals surface area contributed by atoms with Crippen LogP contribution in [0.25, 0.3) is 0 Å². The molecule has 1 saturated carbocycles. The predicted octanol–water partition coefficient (Wildman–Crippen LogP) is 2.18. The van der Waals surface area contributed by atoms with Gasteiger partial charge in [-0.25, -0.2) is 4.99 Å². The Morgan fingerprint density at radius 3 is 2.74 bits per heavy atom. The molecule has 0 unspecified atom stereocenters. The van der Waals surface area contributed by atoms with Gasteiger partial charge in [-0.15, -0.1) is 10.2 Å². The lowest BCUT2D eigenvalue weighted by Crippen LogP contribution is -2.38. The van der Waals surface area contributed by atoms with E-state index in [4.69, 9.17) is 9.73 Å². The molecule has 0 atom stereocenters. The zero-order valence-corrected chi connectivity index (χ0v) is 16.3. The second kappa shape index (κ2) is 10.1. The summed E-state index contributed by atoms with van der Waals surface area (Å²) in [5.74, 6) is 3.38. The minimum atomic E-state index is 0.580. The first-order valence-electron chi connectivity index (χ1n) is 9.71. The number of benzene rings is 1. The van der Waals surface area contributed by atoms with Crippen molar-refractivity contribution in [3.8, 4) is 0 Å². The zero-order valence-electron chi connectivity index (χ0n) is 16.3. The van der Waals surface area contributed by atoms with Crippen molar-refractivity contribution in [1.29, 1.82) is 0 Å². The number of ether oxygens (including phenoxy) is 1. The van der Waals surface area contributed by atoms with Gasteiger partial charge >= 0.3 is 0 Å². The third kappa shape index (κ3) is 6.67. The van der Waals surface area contributed by atoms with Crippen LogP contribution in [-0.2, 0) is 24.9 Å². The highest BCUT2D eigenvalue weighted by atomic mass is 16.5. The van der Waals surface area contributed by atoms with E-state index < -0.39 is 0 Å². The van der Waals surface area contributed by atoms with Crippen molar-refractivity contribution in [3.63, 3.8) is 0 Å². The van der Waals surface area contributed by atoms with Gasteiger partial charge in [-0.1, -0.05) is 30.3 Å². The Kier molecular flexibility index (Phi) is 7.21. The molecule has 1 fully saturated rings. The quantitative estimate of drug-likeness (QED) is 0.381. The molecule has 1 aliphatic rings. The second-order valence-corrected chi connectivity index (χ2v) is 7.03. The average molecular weight is 371 g/mol. The summed E-state index contributed by atoms with van der Waals surface area (Å²) in [4.78, 5) is 4.70. The molecule has 2 aromatic rings. The van der Waals surface area contributed by atoms with E-state index in [9.17, 15) is 0 Å². The molecule has 1 heterocycles. The second-order valence-electron chi connectivity index (χ2n) is 7.03. The largest absolute Gasteiger partial charge is 0.381 e. The molecule has 0 bridgehead atoms. The lowest BCUT2D eigenvalue weighted by molar-refractivity contribution is 0.123. The third-order valence-electron chi connectivity index (χ3n) is 4.67. The molecule has 1 aliphatic carbocycles. The standard InChI is InChI=1S/C20H30N6O/c1-16-24-25-19(26(16)2)14-23-20(22-13-17-7-4-3-5-8-17)21-11-6-12-27-15-18-9-10-18/h3-5,7-8,18H,6,9-15H2,1-2H3,(H2,21,22,23). The van der Waals surface area contributed by atoms with Gasteiger partial charge in [0.25, 0.3) is 0 Å². The Bertz CT molecular complexity index is 723. The number of aryl methyl sites for hydroxylation is 1. The molecular weight excluding hydrogens is 340 g/mol. The molecule has 1 aromatic carbocycles. The van der Waals surface area contributed by atoms with Crippen LogP contribution < -0.4 is 10.6 Å². The minimum Gasteiger partial charge on any atom is -0.381 e. The minimum absolute atomic E-state index is 0.580. The highest BCUT2D eigenvalue weighted by Crippen LogP contribution is 2.28. The first kappa shape index (κ1) is 19.4. The highest BCUT2D eigenvalue weighted by Gasteiger charge is 2.20. The predicted molar refractivity (Wildman–Crippen MR) is 106 cm³/mol. The van der Waals surface area contributed by atoms with Gasteiger partial charge in [0.15, 0.2) is 11.8 Å². The highest BCUT2D eigenvalue weighted by molar-refractivity contribution is 5.79. The fraction of sp³-hybridized carbons (Fsp3) is 0.550. The monoisotopic (exact) mass is 370 g/mol. The summed E-state index contributed by atoms with van der Waals surface area (Å²) in [6, 6.07) is 10.2. The maximum Gasteiger partial charge on any atom is 0.191 e. The Morgan fingerprint density at radius 1 is 1.22 bits per heavy atom. The van der Waals surface area contributed by atoms with Gasteiger partial charge in [0.1, 0.15) is 5.82 Å². The summed E-state index contributed by atoms with van der Waals surface area (Å²) in [7, 11) is 1.97. The van der Waals surface area contributed by atoms with E-state index >= 15 is 0 Å². The zero-order chi connectivity index (χ0) is 18.9. The molecule has 0 radical (unpaired) electrons. The maximum atomic E-state index is 5.69. The van der Waals surface area contributed by atoms with Crippen LogP contribution in [0.15, 0.2) is 35.3 Å². The molecule has 146 valence electrons. The average Bonchev–Trinajstić information content (AvgIpc) is 3.46. The molecule has 7 heteroatoms. The van der Waals surface area contributed by atoms with Crippen LogP contribution in [0, 0.1) is 12.8 Å². The normalized spacial score (nSPS) is 14.4. The van der Waals surface area contributed by atoms with Gasteiger partial charge in [0.2, 0.25) is 0 Å². The smallest absolute Gasteiger partial charge is 0.191 e. The van der Waals surface area contributed by atoms with Crippen LogP contribution in [-0.4, -0.2) is 40.5 Å².